The number of pyridine rings is 1. The van der Waals surface area contributed by atoms with Gasteiger partial charge in [-0.2, -0.15) is 16.6 Å². The van der Waals surface area contributed by atoms with Crippen molar-refractivity contribution >= 4 is 23.1 Å². The van der Waals surface area contributed by atoms with Gasteiger partial charge in [-0.25, -0.2) is 4.98 Å². The number of rotatable bonds is 4. The highest BCUT2D eigenvalue weighted by Crippen LogP contribution is 2.38. The van der Waals surface area contributed by atoms with Crippen LogP contribution in [0.1, 0.15) is 27.9 Å². The van der Waals surface area contributed by atoms with Gasteiger partial charge in [-0.1, -0.05) is 24.3 Å². The van der Waals surface area contributed by atoms with Gasteiger partial charge in [0.05, 0.1) is 5.56 Å². The van der Waals surface area contributed by atoms with E-state index in [0.29, 0.717) is 0 Å². The van der Waals surface area contributed by atoms with E-state index in [2.05, 4.69) is 66.0 Å². The van der Waals surface area contributed by atoms with Crippen LogP contribution in [0.2, 0.25) is 0 Å². The summed E-state index contributed by atoms with van der Waals surface area (Å²) in [5.74, 6) is 0.829. The molecule has 4 rings (SSSR count). The average Bonchev–Trinajstić information content (AvgIpc) is 3.20. The Morgan fingerprint density at radius 3 is 2.89 bits per heavy atom. The zero-order chi connectivity index (χ0) is 18.8. The van der Waals surface area contributed by atoms with E-state index in [-0.39, 0.29) is 0 Å². The summed E-state index contributed by atoms with van der Waals surface area (Å²) in [5.41, 5.74) is 7.90. The van der Waals surface area contributed by atoms with Gasteiger partial charge < -0.3 is 4.90 Å². The van der Waals surface area contributed by atoms with Crippen molar-refractivity contribution in [3.8, 4) is 17.2 Å². The first-order valence-corrected chi connectivity index (χ1v) is 10.9. The highest BCUT2D eigenvalue weighted by molar-refractivity contribution is 7.98. The molecule has 136 valence electrons. The number of nitriles is 1. The molecule has 0 unspecified atom stereocenters. The van der Waals surface area contributed by atoms with Crippen LogP contribution in [0.3, 0.4) is 0 Å². The second-order valence-electron chi connectivity index (χ2n) is 6.92. The van der Waals surface area contributed by atoms with Gasteiger partial charge in [0.25, 0.3) is 0 Å². The first-order valence-electron chi connectivity index (χ1n) is 9.01. The Balaban J connectivity index is 1.79. The van der Waals surface area contributed by atoms with E-state index in [9.17, 15) is 5.26 Å². The fourth-order valence-electron chi connectivity index (χ4n) is 3.52. The lowest BCUT2D eigenvalue weighted by atomic mass is 9.93. The number of nitrogens with zero attached hydrogens (tertiary/aromatic N) is 3. The zero-order valence-electron chi connectivity index (χ0n) is 15.5. The molecule has 1 aliphatic rings. The third-order valence-electron chi connectivity index (χ3n) is 5.06. The van der Waals surface area contributed by atoms with E-state index < -0.39 is 0 Å². The number of hydrogen-bond acceptors (Lipinski definition) is 5. The normalized spacial score (nSPS) is 14.0. The molecule has 2 aromatic heterocycles. The number of thiophene rings is 1. The van der Waals surface area contributed by atoms with E-state index >= 15 is 0 Å². The SMILES string of the molecule is Cc1ccccc1CSc1nc2c(c(-c3ccsc3)c1C#N)CN(C)CC2. The van der Waals surface area contributed by atoms with Gasteiger partial charge in [0.15, 0.2) is 0 Å². The van der Waals surface area contributed by atoms with Crippen molar-refractivity contribution in [1.29, 1.82) is 5.26 Å². The van der Waals surface area contributed by atoms with Crippen LogP contribution in [0.25, 0.3) is 11.1 Å². The molecule has 0 fully saturated rings. The van der Waals surface area contributed by atoms with E-state index in [0.717, 1.165) is 52.7 Å². The predicted octanol–water partition coefficient (Wildman–Crippen LogP) is 5.27. The largest absolute Gasteiger partial charge is 0.302 e. The van der Waals surface area contributed by atoms with E-state index in [4.69, 9.17) is 4.98 Å². The molecular formula is C22H21N3S2. The number of aromatic nitrogens is 1. The summed E-state index contributed by atoms with van der Waals surface area (Å²) < 4.78 is 0. The van der Waals surface area contributed by atoms with Crippen LogP contribution in [-0.4, -0.2) is 23.5 Å². The minimum Gasteiger partial charge on any atom is -0.302 e. The van der Waals surface area contributed by atoms with Crippen molar-refractivity contribution in [3.63, 3.8) is 0 Å². The highest BCUT2D eigenvalue weighted by Gasteiger charge is 2.25. The standard InChI is InChI=1S/C22H21N3S2/c1-15-5-3-4-6-16(15)14-27-22-18(11-23)21(17-8-10-26-13-17)19-12-25(2)9-7-20(19)24-22/h3-6,8,10,13H,7,9,12,14H2,1-2H3. The van der Waals surface area contributed by atoms with Crippen LogP contribution in [0.4, 0.5) is 0 Å². The Labute approximate surface area is 168 Å². The first kappa shape index (κ1) is 18.2. The summed E-state index contributed by atoms with van der Waals surface area (Å²) in [6, 6.07) is 13.0. The highest BCUT2D eigenvalue weighted by atomic mass is 32.2. The van der Waals surface area contributed by atoms with Crippen molar-refractivity contribution in [2.75, 3.05) is 13.6 Å². The van der Waals surface area contributed by atoms with Crippen LogP contribution in [0.5, 0.6) is 0 Å². The molecule has 1 aromatic carbocycles. The van der Waals surface area contributed by atoms with Crippen molar-refractivity contribution in [2.45, 2.75) is 30.7 Å². The fraction of sp³-hybridized carbons (Fsp3) is 0.273. The summed E-state index contributed by atoms with van der Waals surface area (Å²) in [5, 5.41) is 15.1. The lowest BCUT2D eigenvalue weighted by Crippen LogP contribution is -2.28. The number of likely N-dealkylation sites (N-methyl/N-ethyl adjacent to an activating group) is 1. The summed E-state index contributed by atoms with van der Waals surface area (Å²) in [7, 11) is 2.13. The number of aryl methyl sites for hydroxylation is 1. The van der Waals surface area contributed by atoms with Crippen LogP contribution in [0, 0.1) is 18.3 Å². The lowest BCUT2D eigenvalue weighted by molar-refractivity contribution is 0.309. The first-order chi connectivity index (χ1) is 13.2. The van der Waals surface area contributed by atoms with E-state index in [1.54, 1.807) is 23.1 Å². The monoisotopic (exact) mass is 391 g/mol. The summed E-state index contributed by atoms with van der Waals surface area (Å²) in [4.78, 5) is 7.26. The molecule has 27 heavy (non-hydrogen) atoms. The minimum absolute atomic E-state index is 0.723. The molecular weight excluding hydrogens is 370 g/mol. The van der Waals surface area contributed by atoms with Gasteiger partial charge in [0.1, 0.15) is 11.1 Å². The van der Waals surface area contributed by atoms with Crippen molar-refractivity contribution in [1.82, 2.24) is 9.88 Å². The molecule has 0 aliphatic carbocycles. The van der Waals surface area contributed by atoms with Crippen LogP contribution < -0.4 is 0 Å². The number of thioether (sulfide) groups is 1. The summed E-state index contributed by atoms with van der Waals surface area (Å²) >= 11 is 3.35. The van der Waals surface area contributed by atoms with Crippen LogP contribution >= 0.6 is 23.1 Å². The number of benzene rings is 1. The summed E-state index contributed by atoms with van der Waals surface area (Å²) in [6.45, 7) is 4.00. The van der Waals surface area contributed by atoms with E-state index in [1.165, 1.54) is 16.7 Å². The van der Waals surface area contributed by atoms with E-state index in [1.807, 2.05) is 0 Å². The second kappa shape index (κ2) is 7.85. The molecule has 0 amide bonds. The van der Waals surface area contributed by atoms with Crippen molar-refractivity contribution in [2.24, 2.45) is 0 Å². The maximum absolute atomic E-state index is 10.0. The molecule has 5 heteroatoms. The molecule has 0 bridgehead atoms. The lowest BCUT2D eigenvalue weighted by Gasteiger charge is -2.27. The van der Waals surface area contributed by atoms with Crippen molar-refractivity contribution in [3.05, 3.63) is 69.0 Å². The molecule has 0 radical (unpaired) electrons. The quantitative estimate of drug-likeness (QED) is 0.568. The Morgan fingerprint density at radius 2 is 2.15 bits per heavy atom. The topological polar surface area (TPSA) is 39.9 Å². The van der Waals surface area contributed by atoms with Gasteiger partial charge in [0, 0.05) is 36.5 Å². The molecule has 1 aliphatic heterocycles. The predicted molar refractivity (Wildman–Crippen MR) is 113 cm³/mol. The van der Waals surface area contributed by atoms with Gasteiger partial charge in [-0.3, -0.25) is 0 Å². The molecule has 0 saturated heterocycles. The second-order valence-corrected chi connectivity index (χ2v) is 8.66. The zero-order valence-corrected chi connectivity index (χ0v) is 17.2. The summed E-state index contributed by atoms with van der Waals surface area (Å²) in [6.07, 6.45) is 0.937. The molecule has 0 atom stereocenters. The van der Waals surface area contributed by atoms with Crippen LogP contribution in [0.15, 0.2) is 46.1 Å². The maximum Gasteiger partial charge on any atom is 0.115 e. The number of fused-ring (bicyclic) bond motifs is 1. The Bertz CT molecular complexity index is 1000. The smallest absolute Gasteiger partial charge is 0.115 e. The average molecular weight is 392 g/mol. The Morgan fingerprint density at radius 1 is 1.30 bits per heavy atom. The van der Waals surface area contributed by atoms with Gasteiger partial charge in [-0.15, -0.1) is 11.8 Å². The van der Waals surface area contributed by atoms with Gasteiger partial charge >= 0.3 is 0 Å². The molecule has 0 N–H and O–H groups in total. The number of hydrogen-bond donors (Lipinski definition) is 0. The molecule has 3 nitrogen and oxygen atoms in total. The minimum atomic E-state index is 0.723. The third kappa shape index (κ3) is 3.66. The fourth-order valence-corrected chi connectivity index (χ4v) is 5.25. The molecule has 3 aromatic rings. The Kier molecular flexibility index (Phi) is 5.31. The molecule has 0 saturated carbocycles. The third-order valence-corrected chi connectivity index (χ3v) is 6.76. The molecule has 0 spiro atoms. The Hall–Kier alpha value is -2.13. The van der Waals surface area contributed by atoms with Gasteiger partial charge in [-0.05, 0) is 53.1 Å². The van der Waals surface area contributed by atoms with Crippen molar-refractivity contribution < 1.29 is 0 Å². The molecule has 3 heterocycles. The van der Waals surface area contributed by atoms with Crippen LogP contribution in [-0.2, 0) is 18.7 Å². The van der Waals surface area contributed by atoms with Gasteiger partial charge in [0.2, 0.25) is 0 Å². The maximum atomic E-state index is 10.0.